The number of carboxylic acid groups (broad SMARTS) is 1. The second-order valence-electron chi connectivity index (χ2n) is 13.9. The number of alkyl halides is 3. The van der Waals surface area contributed by atoms with Gasteiger partial charge in [-0.15, -0.1) is 0 Å². The molecule has 0 bridgehead atoms. The van der Waals surface area contributed by atoms with Gasteiger partial charge < -0.3 is 19.6 Å². The van der Waals surface area contributed by atoms with E-state index < -0.39 is 29.7 Å². The number of piperidine rings is 1. The maximum atomic E-state index is 13.3. The summed E-state index contributed by atoms with van der Waals surface area (Å²) < 4.78 is 45.9. The highest BCUT2D eigenvalue weighted by molar-refractivity contribution is 5.88. The number of rotatable bonds is 6. The molecule has 1 aromatic carbocycles. The number of ether oxygens (including phenoxy) is 1. The first-order valence-corrected chi connectivity index (χ1v) is 15.4. The third-order valence-electron chi connectivity index (χ3n) is 8.70. The maximum absolute atomic E-state index is 13.3. The van der Waals surface area contributed by atoms with E-state index in [1.165, 1.54) is 6.07 Å². The number of carbonyl (C=O) groups is 1. The molecule has 1 atom stereocenters. The van der Waals surface area contributed by atoms with Crippen molar-refractivity contribution in [2.24, 2.45) is 5.41 Å². The van der Waals surface area contributed by atoms with Gasteiger partial charge in [-0.05, 0) is 82.1 Å². The molecule has 2 aromatic heterocycles. The van der Waals surface area contributed by atoms with Gasteiger partial charge in [-0.2, -0.15) is 13.2 Å². The highest BCUT2D eigenvalue weighted by atomic mass is 19.4. The summed E-state index contributed by atoms with van der Waals surface area (Å²) in [5, 5.41) is 10.4. The fraction of sp³-hybridized carbons (Fsp3) is 0.529. The van der Waals surface area contributed by atoms with Crippen LogP contribution in [0.3, 0.4) is 0 Å². The van der Waals surface area contributed by atoms with Crippen molar-refractivity contribution < 1.29 is 27.8 Å². The van der Waals surface area contributed by atoms with Gasteiger partial charge in [0.2, 0.25) is 5.82 Å². The van der Waals surface area contributed by atoms with Crippen LogP contribution in [0.1, 0.15) is 87.5 Å². The number of benzene rings is 1. The third kappa shape index (κ3) is 7.08. The first-order valence-electron chi connectivity index (χ1n) is 15.4. The first-order chi connectivity index (χ1) is 20.9. The summed E-state index contributed by atoms with van der Waals surface area (Å²) in [7, 11) is 0. The van der Waals surface area contributed by atoms with E-state index in [0.717, 1.165) is 65.8 Å². The minimum atomic E-state index is -4.61. The molecule has 0 radical (unpaired) electrons. The Hall–Kier alpha value is -3.73. The van der Waals surface area contributed by atoms with Gasteiger partial charge in [0.05, 0.1) is 11.3 Å². The summed E-state index contributed by atoms with van der Waals surface area (Å²) >= 11 is 0. The van der Waals surface area contributed by atoms with Crippen LogP contribution in [0.5, 0.6) is 0 Å². The molecule has 3 aromatic rings. The molecule has 242 valence electrons. The topological polar surface area (TPSA) is 91.7 Å². The SMILES string of the molecule is Cc1nc(C)c(C(OC(C)(C)C)C(=O)O)c(N2CCC(C)(C)CC2)c1-c1ccc2c(c1)CCN(c1ccnc(C(F)(F)F)n1)C2. The molecule has 2 aliphatic rings. The molecule has 0 spiro atoms. The predicted octanol–water partition coefficient (Wildman–Crippen LogP) is 7.30. The van der Waals surface area contributed by atoms with Gasteiger partial charge in [0.1, 0.15) is 5.82 Å². The van der Waals surface area contributed by atoms with E-state index in [0.29, 0.717) is 30.8 Å². The Morgan fingerprint density at radius 3 is 2.29 bits per heavy atom. The number of hydrogen-bond acceptors (Lipinski definition) is 7. The molecule has 8 nitrogen and oxygen atoms in total. The van der Waals surface area contributed by atoms with E-state index in [4.69, 9.17) is 9.72 Å². The van der Waals surface area contributed by atoms with Crippen LogP contribution in [0.15, 0.2) is 30.5 Å². The quantitative estimate of drug-likeness (QED) is 0.305. The van der Waals surface area contributed by atoms with Gasteiger partial charge in [-0.3, -0.25) is 4.98 Å². The molecule has 0 aliphatic carbocycles. The molecular weight excluding hydrogens is 583 g/mol. The molecule has 5 rings (SSSR count). The van der Waals surface area contributed by atoms with Crippen molar-refractivity contribution in [3.05, 3.63) is 64.4 Å². The van der Waals surface area contributed by atoms with E-state index in [1.54, 1.807) is 0 Å². The number of aliphatic carboxylic acids is 1. The number of pyridine rings is 1. The van der Waals surface area contributed by atoms with Gasteiger partial charge in [0, 0.05) is 54.9 Å². The molecular formula is C34H42F3N5O3. The van der Waals surface area contributed by atoms with Gasteiger partial charge in [-0.1, -0.05) is 32.0 Å². The zero-order chi connectivity index (χ0) is 32.9. The Morgan fingerprint density at radius 2 is 1.67 bits per heavy atom. The van der Waals surface area contributed by atoms with Crippen LogP contribution < -0.4 is 9.80 Å². The van der Waals surface area contributed by atoms with Crippen LogP contribution in [0.25, 0.3) is 11.1 Å². The van der Waals surface area contributed by atoms with Crippen LogP contribution in [-0.4, -0.2) is 51.3 Å². The lowest BCUT2D eigenvalue weighted by Gasteiger charge is -2.41. The lowest BCUT2D eigenvalue weighted by molar-refractivity contribution is -0.160. The van der Waals surface area contributed by atoms with Crippen LogP contribution >= 0.6 is 0 Å². The monoisotopic (exact) mass is 625 g/mol. The number of anilines is 2. The van der Waals surface area contributed by atoms with Gasteiger partial charge in [0.25, 0.3) is 0 Å². The zero-order valence-electron chi connectivity index (χ0n) is 27.0. The number of halogens is 3. The van der Waals surface area contributed by atoms with Crippen LogP contribution in [0.2, 0.25) is 0 Å². The first kappa shape index (κ1) is 32.7. The highest BCUT2D eigenvalue weighted by Gasteiger charge is 2.37. The van der Waals surface area contributed by atoms with Crippen molar-refractivity contribution in [2.75, 3.05) is 29.4 Å². The minimum absolute atomic E-state index is 0.185. The number of aryl methyl sites for hydroxylation is 2. The Labute approximate surface area is 262 Å². The van der Waals surface area contributed by atoms with Crippen molar-refractivity contribution >= 4 is 17.5 Å². The lowest BCUT2D eigenvalue weighted by Crippen LogP contribution is -2.39. The number of fused-ring (bicyclic) bond motifs is 1. The number of hydrogen-bond donors (Lipinski definition) is 1. The van der Waals surface area contributed by atoms with Crippen LogP contribution in [0, 0.1) is 19.3 Å². The Kier molecular flexibility index (Phi) is 8.63. The average Bonchev–Trinajstić information content (AvgIpc) is 2.94. The molecule has 4 heterocycles. The smallest absolute Gasteiger partial charge is 0.451 e. The van der Waals surface area contributed by atoms with Crippen molar-refractivity contribution in [1.82, 2.24) is 15.0 Å². The largest absolute Gasteiger partial charge is 0.479 e. The normalized spacial score (nSPS) is 17.6. The third-order valence-corrected chi connectivity index (χ3v) is 8.70. The molecule has 2 aliphatic heterocycles. The van der Waals surface area contributed by atoms with E-state index in [2.05, 4.69) is 34.8 Å². The van der Waals surface area contributed by atoms with E-state index >= 15 is 0 Å². The Balaban J connectivity index is 1.59. The molecule has 0 amide bonds. The maximum Gasteiger partial charge on any atom is 0.451 e. The van der Waals surface area contributed by atoms with Gasteiger partial charge in [0.15, 0.2) is 6.10 Å². The summed E-state index contributed by atoms with van der Waals surface area (Å²) in [5.74, 6) is -1.97. The molecule has 1 fully saturated rings. The molecule has 1 saturated heterocycles. The Morgan fingerprint density at radius 1 is 0.978 bits per heavy atom. The van der Waals surface area contributed by atoms with Gasteiger partial charge >= 0.3 is 12.1 Å². The van der Waals surface area contributed by atoms with Gasteiger partial charge in [-0.25, -0.2) is 14.8 Å². The summed E-state index contributed by atoms with van der Waals surface area (Å²) in [4.78, 5) is 29.0. The van der Waals surface area contributed by atoms with E-state index in [-0.39, 0.29) is 11.2 Å². The standard InChI is InChI=1S/C34H42F3N5O3/c1-20-26(23-8-9-24-19-42(15-11-22(24)18-23)25-10-14-38-31(40-25)34(35,36)37)28(41-16-12-33(6,7)13-17-41)27(21(2)39-20)29(30(43)44)45-32(3,4)5/h8-10,14,18,29H,11-13,15-17,19H2,1-7H3,(H,43,44). The van der Waals surface area contributed by atoms with Crippen LogP contribution in [-0.2, 0) is 28.7 Å². The van der Waals surface area contributed by atoms with E-state index in [1.807, 2.05) is 51.7 Å². The average molecular weight is 626 g/mol. The number of aromatic nitrogens is 3. The summed E-state index contributed by atoms with van der Waals surface area (Å²) in [6.07, 6.45) is -2.14. The summed E-state index contributed by atoms with van der Waals surface area (Å²) in [6, 6.07) is 7.63. The second-order valence-corrected chi connectivity index (χ2v) is 13.9. The predicted molar refractivity (Wildman–Crippen MR) is 167 cm³/mol. The second kappa shape index (κ2) is 11.9. The molecule has 1 N–H and O–H groups in total. The lowest BCUT2D eigenvalue weighted by atomic mass is 9.81. The fourth-order valence-corrected chi connectivity index (χ4v) is 6.32. The molecule has 0 saturated carbocycles. The van der Waals surface area contributed by atoms with E-state index in [9.17, 15) is 23.1 Å². The summed E-state index contributed by atoms with van der Waals surface area (Å²) in [6.45, 7) is 16.3. The van der Waals surface area contributed by atoms with Crippen molar-refractivity contribution in [3.8, 4) is 11.1 Å². The van der Waals surface area contributed by atoms with Crippen molar-refractivity contribution in [3.63, 3.8) is 0 Å². The van der Waals surface area contributed by atoms with Crippen LogP contribution in [0.4, 0.5) is 24.7 Å². The molecule has 11 heteroatoms. The zero-order valence-corrected chi connectivity index (χ0v) is 27.0. The fourth-order valence-electron chi connectivity index (χ4n) is 6.32. The highest BCUT2D eigenvalue weighted by Crippen LogP contribution is 2.45. The minimum Gasteiger partial charge on any atom is -0.479 e. The number of carboxylic acids is 1. The molecule has 1 unspecified atom stereocenters. The Bertz CT molecular complexity index is 1590. The molecule has 45 heavy (non-hydrogen) atoms. The number of nitrogens with zero attached hydrogens (tertiary/aromatic N) is 5. The van der Waals surface area contributed by atoms with Crippen molar-refractivity contribution in [2.45, 2.75) is 92.2 Å². The van der Waals surface area contributed by atoms with Crippen molar-refractivity contribution in [1.29, 1.82) is 0 Å². The summed E-state index contributed by atoms with van der Waals surface area (Å²) in [5.41, 5.74) is 6.23.